The van der Waals surface area contributed by atoms with Crippen LogP contribution < -0.4 is 0 Å². The molecule has 3 rings (SSSR count). The lowest BCUT2D eigenvalue weighted by molar-refractivity contribution is 0.751. The molecule has 0 fully saturated rings. The minimum absolute atomic E-state index is 0.594. The molecule has 102 valence electrons. The first kappa shape index (κ1) is 13.2. The molecule has 0 saturated heterocycles. The van der Waals surface area contributed by atoms with Crippen molar-refractivity contribution in [2.24, 2.45) is 0 Å². The Morgan fingerprint density at radius 3 is 2.60 bits per heavy atom. The first-order valence-electron chi connectivity index (χ1n) is 6.84. The summed E-state index contributed by atoms with van der Waals surface area (Å²) in [6, 6.07) is 16.7. The topological polar surface area (TPSA) is 17.8 Å². The number of rotatable bonds is 4. The summed E-state index contributed by atoms with van der Waals surface area (Å²) in [6.45, 7) is 3.00. The fourth-order valence-electron chi connectivity index (χ4n) is 2.54. The van der Waals surface area contributed by atoms with Gasteiger partial charge in [0.05, 0.1) is 11.0 Å². The van der Waals surface area contributed by atoms with E-state index in [9.17, 15) is 0 Å². The van der Waals surface area contributed by atoms with Gasteiger partial charge in [-0.25, -0.2) is 4.98 Å². The second-order valence-electron chi connectivity index (χ2n) is 4.97. The Morgan fingerprint density at radius 2 is 1.80 bits per heavy atom. The molecule has 2 nitrogen and oxygen atoms in total. The van der Waals surface area contributed by atoms with Gasteiger partial charge in [-0.05, 0) is 30.2 Å². The molecule has 1 aromatic heterocycles. The average molecular weight is 285 g/mol. The third-order valence-corrected chi connectivity index (χ3v) is 3.83. The third kappa shape index (κ3) is 2.44. The zero-order chi connectivity index (χ0) is 13.9. The SMILES string of the molecule is Cc1ccccc1Cn1c(CCCl)nc2ccccc21. The van der Waals surface area contributed by atoms with Crippen LogP contribution in [0.1, 0.15) is 17.0 Å². The Morgan fingerprint density at radius 1 is 1.05 bits per heavy atom. The lowest BCUT2D eigenvalue weighted by Gasteiger charge is -2.11. The zero-order valence-corrected chi connectivity index (χ0v) is 12.3. The van der Waals surface area contributed by atoms with Crippen LogP contribution in [0.3, 0.4) is 0 Å². The number of aryl methyl sites for hydroxylation is 2. The Hall–Kier alpha value is -1.80. The third-order valence-electron chi connectivity index (χ3n) is 3.64. The summed E-state index contributed by atoms with van der Waals surface area (Å²) in [5.41, 5.74) is 4.85. The van der Waals surface area contributed by atoms with Crippen LogP contribution in [-0.2, 0) is 13.0 Å². The van der Waals surface area contributed by atoms with E-state index in [1.807, 2.05) is 6.07 Å². The lowest BCUT2D eigenvalue weighted by atomic mass is 10.1. The van der Waals surface area contributed by atoms with E-state index in [0.717, 1.165) is 24.3 Å². The summed E-state index contributed by atoms with van der Waals surface area (Å²) in [5, 5.41) is 0. The van der Waals surface area contributed by atoms with E-state index >= 15 is 0 Å². The van der Waals surface area contributed by atoms with Crippen molar-refractivity contribution >= 4 is 22.6 Å². The standard InChI is InChI=1S/C17H17ClN2/c1-13-6-2-3-7-14(13)12-20-16-9-5-4-8-15(16)19-17(20)10-11-18/h2-9H,10-12H2,1H3. The number of fused-ring (bicyclic) bond motifs is 1. The van der Waals surface area contributed by atoms with Gasteiger partial charge in [0, 0.05) is 18.8 Å². The van der Waals surface area contributed by atoms with Gasteiger partial charge in [0.25, 0.3) is 0 Å². The molecule has 0 saturated carbocycles. The van der Waals surface area contributed by atoms with Crippen LogP contribution >= 0.6 is 11.6 Å². The van der Waals surface area contributed by atoms with Gasteiger partial charge >= 0.3 is 0 Å². The van der Waals surface area contributed by atoms with Crippen molar-refractivity contribution in [3.63, 3.8) is 0 Å². The molecule has 2 aromatic carbocycles. The summed E-state index contributed by atoms with van der Waals surface area (Å²) < 4.78 is 2.28. The molecule has 0 spiro atoms. The molecular weight excluding hydrogens is 268 g/mol. The lowest BCUT2D eigenvalue weighted by Crippen LogP contribution is -2.07. The fourth-order valence-corrected chi connectivity index (χ4v) is 2.70. The largest absolute Gasteiger partial charge is 0.323 e. The van der Waals surface area contributed by atoms with Gasteiger partial charge in [0.1, 0.15) is 5.82 Å². The number of imidazole rings is 1. The number of benzene rings is 2. The Kier molecular flexibility index (Phi) is 3.75. The maximum absolute atomic E-state index is 5.92. The molecule has 20 heavy (non-hydrogen) atoms. The average Bonchev–Trinajstić information content (AvgIpc) is 2.80. The summed E-state index contributed by atoms with van der Waals surface area (Å²) in [6.07, 6.45) is 0.794. The van der Waals surface area contributed by atoms with Crippen LogP contribution in [0.5, 0.6) is 0 Å². The number of para-hydroxylation sites is 2. The van der Waals surface area contributed by atoms with Crippen molar-refractivity contribution in [3.05, 3.63) is 65.5 Å². The Labute approximate surface area is 124 Å². The molecule has 3 heteroatoms. The molecule has 0 unspecified atom stereocenters. The smallest absolute Gasteiger partial charge is 0.111 e. The van der Waals surface area contributed by atoms with E-state index in [4.69, 9.17) is 16.6 Å². The molecule has 3 aromatic rings. The summed E-state index contributed by atoms with van der Waals surface area (Å²) in [7, 11) is 0. The van der Waals surface area contributed by atoms with Gasteiger partial charge in [0.15, 0.2) is 0 Å². The number of hydrogen-bond acceptors (Lipinski definition) is 1. The molecule has 0 radical (unpaired) electrons. The van der Waals surface area contributed by atoms with Gasteiger partial charge < -0.3 is 4.57 Å². The highest BCUT2D eigenvalue weighted by Crippen LogP contribution is 2.19. The molecular formula is C17H17ClN2. The molecule has 0 N–H and O–H groups in total. The van der Waals surface area contributed by atoms with Crippen LogP contribution in [0.2, 0.25) is 0 Å². The molecule has 0 aliphatic heterocycles. The molecule has 0 aliphatic rings. The molecule has 0 atom stereocenters. The summed E-state index contributed by atoms with van der Waals surface area (Å²) in [4.78, 5) is 4.71. The van der Waals surface area contributed by atoms with Crippen LogP contribution in [0, 0.1) is 6.92 Å². The number of alkyl halides is 1. The normalized spacial score (nSPS) is 11.1. The van der Waals surface area contributed by atoms with Gasteiger partial charge in [0.2, 0.25) is 0 Å². The van der Waals surface area contributed by atoms with Crippen molar-refractivity contribution < 1.29 is 0 Å². The quantitative estimate of drug-likeness (QED) is 0.657. The van der Waals surface area contributed by atoms with E-state index in [1.165, 1.54) is 16.6 Å². The van der Waals surface area contributed by atoms with Crippen molar-refractivity contribution in [1.82, 2.24) is 9.55 Å². The molecule has 0 bridgehead atoms. The monoisotopic (exact) mass is 284 g/mol. The van der Waals surface area contributed by atoms with Crippen LogP contribution in [-0.4, -0.2) is 15.4 Å². The van der Waals surface area contributed by atoms with Gasteiger partial charge in [-0.1, -0.05) is 36.4 Å². The first-order chi connectivity index (χ1) is 9.79. The predicted molar refractivity (Wildman–Crippen MR) is 84.4 cm³/mol. The van der Waals surface area contributed by atoms with Crippen molar-refractivity contribution in [1.29, 1.82) is 0 Å². The van der Waals surface area contributed by atoms with E-state index in [0.29, 0.717) is 5.88 Å². The van der Waals surface area contributed by atoms with Crippen molar-refractivity contribution in [2.75, 3.05) is 5.88 Å². The zero-order valence-electron chi connectivity index (χ0n) is 11.5. The molecule has 0 amide bonds. The highest BCUT2D eigenvalue weighted by Gasteiger charge is 2.10. The second-order valence-corrected chi connectivity index (χ2v) is 5.35. The highest BCUT2D eigenvalue weighted by molar-refractivity contribution is 6.17. The van der Waals surface area contributed by atoms with E-state index < -0.39 is 0 Å². The summed E-state index contributed by atoms with van der Waals surface area (Å²) in [5.74, 6) is 1.65. The molecule has 1 heterocycles. The van der Waals surface area contributed by atoms with Crippen LogP contribution in [0.25, 0.3) is 11.0 Å². The summed E-state index contributed by atoms with van der Waals surface area (Å²) >= 11 is 5.92. The van der Waals surface area contributed by atoms with Crippen molar-refractivity contribution in [3.8, 4) is 0 Å². The predicted octanol–water partition coefficient (Wildman–Crippen LogP) is 4.17. The minimum atomic E-state index is 0.594. The van der Waals surface area contributed by atoms with Gasteiger partial charge in [-0.3, -0.25) is 0 Å². The number of aromatic nitrogens is 2. The highest BCUT2D eigenvalue weighted by atomic mass is 35.5. The van der Waals surface area contributed by atoms with Gasteiger partial charge in [-0.15, -0.1) is 11.6 Å². The minimum Gasteiger partial charge on any atom is -0.323 e. The van der Waals surface area contributed by atoms with E-state index in [2.05, 4.69) is 54.0 Å². The fraction of sp³-hybridized carbons (Fsp3) is 0.235. The second kappa shape index (κ2) is 5.68. The number of hydrogen-bond donors (Lipinski definition) is 0. The Balaban J connectivity index is 2.09. The maximum atomic E-state index is 5.92. The van der Waals surface area contributed by atoms with Crippen LogP contribution in [0.15, 0.2) is 48.5 Å². The maximum Gasteiger partial charge on any atom is 0.111 e. The van der Waals surface area contributed by atoms with Crippen LogP contribution in [0.4, 0.5) is 0 Å². The Bertz CT molecular complexity index is 731. The number of halogens is 1. The first-order valence-corrected chi connectivity index (χ1v) is 7.37. The molecule has 0 aliphatic carbocycles. The van der Waals surface area contributed by atoms with E-state index in [-0.39, 0.29) is 0 Å². The number of nitrogens with zero attached hydrogens (tertiary/aromatic N) is 2. The van der Waals surface area contributed by atoms with E-state index in [1.54, 1.807) is 0 Å². The van der Waals surface area contributed by atoms with Crippen molar-refractivity contribution in [2.45, 2.75) is 19.9 Å². The van der Waals surface area contributed by atoms with Gasteiger partial charge in [-0.2, -0.15) is 0 Å².